The number of nitro groups is 1. The van der Waals surface area contributed by atoms with Gasteiger partial charge < -0.3 is 14.0 Å². The summed E-state index contributed by atoms with van der Waals surface area (Å²) >= 11 is 6.00. The molecule has 13 heteroatoms. The Morgan fingerprint density at radius 3 is 2.68 bits per heavy atom. The van der Waals surface area contributed by atoms with Crippen LogP contribution in [0.5, 0.6) is 0 Å². The number of aromatic nitrogens is 3. The van der Waals surface area contributed by atoms with E-state index in [1.54, 1.807) is 31.3 Å². The molecule has 0 saturated carbocycles. The number of esters is 1. The van der Waals surface area contributed by atoms with E-state index in [1.807, 2.05) is 0 Å². The molecule has 0 N–H and O–H groups in total. The van der Waals surface area contributed by atoms with Crippen LogP contribution in [0.25, 0.3) is 16.7 Å². The predicted molar refractivity (Wildman–Crippen MR) is 137 cm³/mol. The normalized spacial score (nSPS) is 11.7. The van der Waals surface area contributed by atoms with Crippen LogP contribution in [0, 0.1) is 10.1 Å². The second-order valence-electron chi connectivity index (χ2n) is 8.02. The van der Waals surface area contributed by atoms with Gasteiger partial charge in [0.2, 0.25) is 0 Å². The van der Waals surface area contributed by atoms with E-state index in [9.17, 15) is 24.5 Å². The number of amides is 1. The molecular formula is C25H22ClN5O7. The number of ether oxygens (including phenoxy) is 2. The molecule has 3 heterocycles. The van der Waals surface area contributed by atoms with E-state index in [1.165, 1.54) is 28.2 Å². The third-order valence-corrected chi connectivity index (χ3v) is 5.84. The Balaban J connectivity index is 2.12. The van der Waals surface area contributed by atoms with Crippen molar-refractivity contribution < 1.29 is 24.0 Å². The summed E-state index contributed by atoms with van der Waals surface area (Å²) in [6.07, 6.45) is 1.95. The minimum atomic E-state index is -1.01. The molecule has 0 atom stereocenters. The van der Waals surface area contributed by atoms with Gasteiger partial charge in [0.1, 0.15) is 22.4 Å². The van der Waals surface area contributed by atoms with Gasteiger partial charge in [-0.1, -0.05) is 17.7 Å². The third kappa shape index (κ3) is 5.17. The molecule has 3 aromatic heterocycles. The quantitative estimate of drug-likeness (QED) is 0.109. The van der Waals surface area contributed by atoms with Gasteiger partial charge in [-0.2, -0.15) is 4.99 Å². The molecule has 0 spiro atoms. The molecule has 196 valence electrons. The van der Waals surface area contributed by atoms with Gasteiger partial charge in [0.15, 0.2) is 5.49 Å². The van der Waals surface area contributed by atoms with Crippen molar-refractivity contribution >= 4 is 45.8 Å². The molecule has 0 fully saturated rings. The van der Waals surface area contributed by atoms with Gasteiger partial charge in [0.25, 0.3) is 17.2 Å². The van der Waals surface area contributed by atoms with Crippen molar-refractivity contribution in [2.24, 2.45) is 4.99 Å². The van der Waals surface area contributed by atoms with E-state index in [0.29, 0.717) is 18.7 Å². The van der Waals surface area contributed by atoms with Gasteiger partial charge >= 0.3 is 5.97 Å². The van der Waals surface area contributed by atoms with Gasteiger partial charge in [-0.25, -0.2) is 9.78 Å². The van der Waals surface area contributed by atoms with E-state index in [0.717, 1.165) is 12.1 Å². The van der Waals surface area contributed by atoms with Crippen LogP contribution < -0.4 is 11.0 Å². The number of pyridine rings is 2. The van der Waals surface area contributed by atoms with Crippen molar-refractivity contribution in [1.29, 1.82) is 0 Å². The first-order valence-corrected chi connectivity index (χ1v) is 11.9. The Morgan fingerprint density at radius 1 is 1.18 bits per heavy atom. The van der Waals surface area contributed by atoms with E-state index in [-0.39, 0.29) is 45.8 Å². The first kappa shape index (κ1) is 26.6. The Hall–Kier alpha value is -4.42. The molecule has 12 nitrogen and oxygen atoms in total. The lowest BCUT2D eigenvalue weighted by Crippen LogP contribution is -2.33. The molecule has 0 aliphatic heterocycles. The topological polar surface area (TPSA) is 147 Å². The van der Waals surface area contributed by atoms with E-state index >= 15 is 0 Å². The fourth-order valence-corrected chi connectivity index (χ4v) is 4.10. The number of carbonyl (C=O) groups is 2. The van der Waals surface area contributed by atoms with Crippen LogP contribution in [0.1, 0.15) is 34.1 Å². The average Bonchev–Trinajstić information content (AvgIpc) is 2.89. The molecule has 1 amide bonds. The first-order chi connectivity index (χ1) is 18.3. The number of fused-ring (bicyclic) bond motifs is 2. The smallest absolute Gasteiger partial charge is 0.341 e. The molecule has 0 saturated heterocycles. The number of nitrogens with zero attached hydrogens (tertiary/aromatic N) is 5. The molecule has 0 unspecified atom stereocenters. The second-order valence-corrected chi connectivity index (χ2v) is 8.46. The van der Waals surface area contributed by atoms with Crippen LogP contribution in [0.2, 0.25) is 5.02 Å². The minimum absolute atomic E-state index is 0.0165. The Labute approximate surface area is 219 Å². The van der Waals surface area contributed by atoms with Crippen LogP contribution in [-0.4, -0.2) is 51.1 Å². The maximum absolute atomic E-state index is 13.4. The molecule has 0 aliphatic carbocycles. The van der Waals surface area contributed by atoms with Crippen molar-refractivity contribution in [2.75, 3.05) is 20.3 Å². The van der Waals surface area contributed by atoms with Gasteiger partial charge in [-0.05, 0) is 43.7 Å². The van der Waals surface area contributed by atoms with Crippen LogP contribution >= 0.6 is 11.6 Å². The SMILES string of the molecule is CCOC(=O)c1cc2c(=O)n3ccccc3nc2n(CCCOC)c1=NC(=O)c1cc(Cl)ccc1[N+](=O)[O-]. The molecule has 0 aliphatic rings. The van der Waals surface area contributed by atoms with Gasteiger partial charge in [-0.3, -0.25) is 24.1 Å². The second kappa shape index (κ2) is 11.3. The monoisotopic (exact) mass is 539 g/mol. The van der Waals surface area contributed by atoms with E-state index in [2.05, 4.69) is 9.98 Å². The molecule has 38 heavy (non-hydrogen) atoms. The van der Waals surface area contributed by atoms with Crippen molar-refractivity contribution in [2.45, 2.75) is 19.9 Å². The van der Waals surface area contributed by atoms with Crippen LogP contribution in [0.15, 0.2) is 58.4 Å². The number of carbonyl (C=O) groups excluding carboxylic acids is 2. The maximum atomic E-state index is 13.4. The highest BCUT2D eigenvalue weighted by Gasteiger charge is 2.23. The van der Waals surface area contributed by atoms with Crippen LogP contribution in [0.4, 0.5) is 5.69 Å². The van der Waals surface area contributed by atoms with Crippen molar-refractivity contribution in [3.05, 3.63) is 90.8 Å². The lowest BCUT2D eigenvalue weighted by atomic mass is 10.1. The van der Waals surface area contributed by atoms with Crippen molar-refractivity contribution in [3.8, 4) is 0 Å². The highest BCUT2D eigenvalue weighted by molar-refractivity contribution is 6.31. The number of aryl methyl sites for hydroxylation is 1. The fourth-order valence-electron chi connectivity index (χ4n) is 3.93. The summed E-state index contributed by atoms with van der Waals surface area (Å²) in [6, 6.07) is 9.79. The lowest BCUT2D eigenvalue weighted by molar-refractivity contribution is -0.385. The third-order valence-electron chi connectivity index (χ3n) is 5.61. The maximum Gasteiger partial charge on any atom is 0.341 e. The zero-order chi connectivity index (χ0) is 27.4. The van der Waals surface area contributed by atoms with E-state index in [4.69, 9.17) is 21.1 Å². The number of methoxy groups -OCH3 is 1. The summed E-state index contributed by atoms with van der Waals surface area (Å²) in [4.78, 5) is 59.2. The summed E-state index contributed by atoms with van der Waals surface area (Å²) in [6.45, 7) is 2.09. The van der Waals surface area contributed by atoms with Gasteiger partial charge in [0.05, 0.1) is 16.9 Å². The minimum Gasteiger partial charge on any atom is -0.462 e. The standard InChI is InChI=1S/C25H22ClN5O7/c1-3-38-25(34)18-14-17-21(27-20-7-4-5-10-29(20)24(17)33)30(11-6-12-37-2)22(18)28-23(32)16-13-15(26)8-9-19(16)31(35)36/h4-5,7-10,13-14H,3,6,11-12H2,1-2H3. The summed E-state index contributed by atoms with van der Waals surface area (Å²) < 4.78 is 13.1. The zero-order valence-corrected chi connectivity index (χ0v) is 21.2. The molecule has 4 aromatic rings. The van der Waals surface area contributed by atoms with Gasteiger partial charge in [-0.15, -0.1) is 0 Å². The predicted octanol–water partition coefficient (Wildman–Crippen LogP) is 3.17. The molecule has 4 rings (SSSR count). The number of rotatable bonds is 8. The average molecular weight is 540 g/mol. The summed E-state index contributed by atoms with van der Waals surface area (Å²) in [7, 11) is 1.52. The number of halogens is 1. The molecular weight excluding hydrogens is 518 g/mol. The number of hydrogen-bond acceptors (Lipinski definition) is 8. The highest BCUT2D eigenvalue weighted by atomic mass is 35.5. The van der Waals surface area contributed by atoms with Gasteiger partial charge in [0, 0.05) is 37.5 Å². The molecule has 0 radical (unpaired) electrons. The van der Waals surface area contributed by atoms with Crippen LogP contribution in [0.3, 0.4) is 0 Å². The number of hydrogen-bond donors (Lipinski definition) is 0. The molecule has 1 aromatic carbocycles. The van der Waals surface area contributed by atoms with Crippen LogP contribution in [-0.2, 0) is 16.0 Å². The summed E-state index contributed by atoms with van der Waals surface area (Å²) in [5, 5.41) is 11.7. The fraction of sp³-hybridized carbons (Fsp3) is 0.240. The Bertz CT molecular complexity index is 1710. The summed E-state index contributed by atoms with van der Waals surface area (Å²) in [5.41, 5.74) is -1.17. The summed E-state index contributed by atoms with van der Waals surface area (Å²) in [5.74, 6) is -1.85. The highest BCUT2D eigenvalue weighted by Crippen LogP contribution is 2.23. The molecule has 0 bridgehead atoms. The Kier molecular flexibility index (Phi) is 7.93. The zero-order valence-electron chi connectivity index (χ0n) is 20.4. The van der Waals surface area contributed by atoms with Crippen molar-refractivity contribution in [1.82, 2.24) is 14.0 Å². The van der Waals surface area contributed by atoms with E-state index < -0.39 is 28.0 Å². The lowest BCUT2D eigenvalue weighted by Gasteiger charge is -2.15. The van der Waals surface area contributed by atoms with Crippen molar-refractivity contribution in [3.63, 3.8) is 0 Å². The number of nitro benzene ring substituents is 1. The first-order valence-electron chi connectivity index (χ1n) is 11.5. The number of benzene rings is 1. The Morgan fingerprint density at radius 2 is 1.97 bits per heavy atom. The largest absolute Gasteiger partial charge is 0.462 e.